The average Bonchev–Trinajstić information content (AvgIpc) is 3.14. The second-order valence-electron chi connectivity index (χ2n) is 8.26. The zero-order valence-corrected chi connectivity index (χ0v) is 17.6. The molecular formula is C24H29NO7. The third kappa shape index (κ3) is 4.51. The number of carbonyl (C=O) groups excluding carboxylic acids is 1. The molecule has 1 fully saturated rings. The van der Waals surface area contributed by atoms with Crippen LogP contribution in [0.1, 0.15) is 29.9 Å². The van der Waals surface area contributed by atoms with E-state index >= 15 is 0 Å². The van der Waals surface area contributed by atoms with Crippen molar-refractivity contribution in [3.8, 4) is 11.1 Å². The number of ether oxygens (including phenoxy) is 2. The highest BCUT2D eigenvalue weighted by molar-refractivity contribution is 5.79. The molecule has 0 saturated carbocycles. The number of aliphatic hydroxyl groups is 4. The van der Waals surface area contributed by atoms with Gasteiger partial charge in [0.2, 0.25) is 0 Å². The minimum absolute atomic E-state index is 0.0118. The van der Waals surface area contributed by atoms with Crippen LogP contribution in [0.15, 0.2) is 48.5 Å². The monoisotopic (exact) mass is 443 g/mol. The molecule has 32 heavy (non-hydrogen) atoms. The molecule has 0 radical (unpaired) electrons. The molecule has 2 aromatic rings. The summed E-state index contributed by atoms with van der Waals surface area (Å²) >= 11 is 0. The van der Waals surface area contributed by atoms with Crippen LogP contribution in [0.3, 0.4) is 0 Å². The van der Waals surface area contributed by atoms with Gasteiger partial charge in [0, 0.05) is 12.5 Å². The fourth-order valence-corrected chi connectivity index (χ4v) is 4.56. The summed E-state index contributed by atoms with van der Waals surface area (Å²) in [6.45, 7) is 0.0672. The van der Waals surface area contributed by atoms with Gasteiger partial charge in [0.25, 0.3) is 0 Å². The van der Waals surface area contributed by atoms with E-state index in [1.807, 2.05) is 24.3 Å². The van der Waals surface area contributed by atoms with Gasteiger partial charge in [-0.3, -0.25) is 0 Å². The lowest BCUT2D eigenvalue weighted by Crippen LogP contribution is -2.58. The second-order valence-corrected chi connectivity index (χ2v) is 8.26. The first-order valence-electron chi connectivity index (χ1n) is 10.9. The van der Waals surface area contributed by atoms with Gasteiger partial charge < -0.3 is 35.2 Å². The van der Waals surface area contributed by atoms with Crippen LogP contribution in [0.25, 0.3) is 11.1 Å². The molecular weight excluding hydrogens is 414 g/mol. The molecule has 1 saturated heterocycles. The van der Waals surface area contributed by atoms with E-state index in [-0.39, 0.29) is 12.5 Å². The first-order valence-corrected chi connectivity index (χ1v) is 10.9. The summed E-state index contributed by atoms with van der Waals surface area (Å²) in [5, 5.41) is 41.7. The van der Waals surface area contributed by atoms with Crippen LogP contribution in [0.5, 0.6) is 0 Å². The minimum Gasteiger partial charge on any atom is -0.449 e. The Morgan fingerprint density at radius 2 is 1.50 bits per heavy atom. The van der Waals surface area contributed by atoms with E-state index in [1.54, 1.807) is 0 Å². The third-order valence-electron chi connectivity index (χ3n) is 6.27. The van der Waals surface area contributed by atoms with E-state index in [2.05, 4.69) is 29.6 Å². The first-order chi connectivity index (χ1) is 15.5. The molecule has 1 heterocycles. The molecule has 0 unspecified atom stereocenters. The molecule has 172 valence electrons. The number of carbonyl (C=O) groups is 1. The van der Waals surface area contributed by atoms with E-state index in [1.165, 1.54) is 0 Å². The van der Waals surface area contributed by atoms with Crippen LogP contribution in [0.4, 0.5) is 4.79 Å². The molecule has 1 amide bonds. The molecule has 1 aliphatic carbocycles. The van der Waals surface area contributed by atoms with Gasteiger partial charge in [0.1, 0.15) is 31.0 Å². The maximum absolute atomic E-state index is 12.2. The third-order valence-corrected chi connectivity index (χ3v) is 6.27. The SMILES string of the molecule is O=C(NCCC[C@H]1O[C@H](CO)[C@@H](O)[C@H](O)[C@@H]1O)OCC1c2ccccc2-c2ccccc21. The van der Waals surface area contributed by atoms with Gasteiger partial charge >= 0.3 is 6.09 Å². The lowest BCUT2D eigenvalue weighted by atomic mass is 9.93. The van der Waals surface area contributed by atoms with Gasteiger partial charge in [-0.05, 0) is 35.1 Å². The van der Waals surface area contributed by atoms with Gasteiger partial charge in [-0.25, -0.2) is 4.79 Å². The van der Waals surface area contributed by atoms with Gasteiger partial charge in [0.15, 0.2) is 0 Å². The van der Waals surface area contributed by atoms with E-state index in [0.29, 0.717) is 19.4 Å². The number of alkyl carbamates (subject to hydrolysis) is 1. The Balaban J connectivity index is 1.24. The lowest BCUT2D eigenvalue weighted by Gasteiger charge is -2.40. The molecule has 0 spiro atoms. The quantitative estimate of drug-likeness (QED) is 0.406. The van der Waals surface area contributed by atoms with Crippen LogP contribution in [-0.2, 0) is 9.47 Å². The highest BCUT2D eigenvalue weighted by Crippen LogP contribution is 2.44. The summed E-state index contributed by atoms with van der Waals surface area (Å²) in [4.78, 5) is 12.2. The number of rotatable bonds is 7. The zero-order chi connectivity index (χ0) is 22.7. The Kier molecular flexibility index (Phi) is 7.07. The van der Waals surface area contributed by atoms with Gasteiger partial charge in [-0.15, -0.1) is 0 Å². The maximum atomic E-state index is 12.2. The Hall–Kier alpha value is -2.49. The second kappa shape index (κ2) is 9.97. The number of hydrogen-bond donors (Lipinski definition) is 5. The summed E-state index contributed by atoms with van der Waals surface area (Å²) < 4.78 is 10.9. The predicted octanol–water partition coefficient (Wildman–Crippen LogP) is 1.15. The molecule has 8 nitrogen and oxygen atoms in total. The van der Waals surface area contributed by atoms with Crippen molar-refractivity contribution in [2.24, 2.45) is 0 Å². The van der Waals surface area contributed by atoms with Crippen molar-refractivity contribution < 1.29 is 34.7 Å². The molecule has 4 rings (SSSR count). The number of amides is 1. The molecule has 8 heteroatoms. The van der Waals surface area contributed by atoms with Crippen LogP contribution in [0.2, 0.25) is 0 Å². The summed E-state index contributed by atoms with van der Waals surface area (Å²) in [6.07, 6.45) is -5.41. The summed E-state index contributed by atoms with van der Waals surface area (Å²) in [6, 6.07) is 16.2. The number of aliphatic hydroxyl groups excluding tert-OH is 4. The van der Waals surface area contributed by atoms with E-state index in [0.717, 1.165) is 22.3 Å². The normalized spacial score (nSPS) is 26.9. The minimum atomic E-state index is -1.39. The van der Waals surface area contributed by atoms with Crippen molar-refractivity contribution in [1.82, 2.24) is 5.32 Å². The van der Waals surface area contributed by atoms with Crippen LogP contribution in [-0.4, -0.2) is 76.8 Å². The average molecular weight is 443 g/mol. The number of nitrogens with one attached hydrogen (secondary N) is 1. The van der Waals surface area contributed by atoms with E-state index < -0.39 is 43.2 Å². The van der Waals surface area contributed by atoms with Crippen molar-refractivity contribution >= 4 is 6.09 Å². The number of hydrogen-bond acceptors (Lipinski definition) is 7. The van der Waals surface area contributed by atoms with Crippen LogP contribution in [0, 0.1) is 0 Å². The Morgan fingerprint density at radius 3 is 2.12 bits per heavy atom. The van der Waals surface area contributed by atoms with Crippen LogP contribution >= 0.6 is 0 Å². The Bertz CT molecular complexity index is 889. The smallest absolute Gasteiger partial charge is 0.407 e. The van der Waals surface area contributed by atoms with Crippen molar-refractivity contribution in [1.29, 1.82) is 0 Å². The molecule has 2 aliphatic rings. The molecule has 0 aromatic heterocycles. The van der Waals surface area contributed by atoms with Crippen LogP contribution < -0.4 is 5.32 Å². The summed E-state index contributed by atoms with van der Waals surface area (Å²) in [5.74, 6) is -0.0118. The lowest BCUT2D eigenvalue weighted by molar-refractivity contribution is -0.230. The van der Waals surface area contributed by atoms with E-state index in [9.17, 15) is 25.2 Å². The Morgan fingerprint density at radius 1 is 0.906 bits per heavy atom. The van der Waals surface area contributed by atoms with Crippen molar-refractivity contribution in [2.75, 3.05) is 19.8 Å². The number of benzene rings is 2. The molecule has 5 N–H and O–H groups in total. The van der Waals surface area contributed by atoms with Crippen molar-refractivity contribution in [3.05, 3.63) is 59.7 Å². The topological polar surface area (TPSA) is 128 Å². The highest BCUT2D eigenvalue weighted by atomic mass is 16.6. The summed E-state index contributed by atoms with van der Waals surface area (Å²) in [5.41, 5.74) is 4.61. The largest absolute Gasteiger partial charge is 0.449 e. The standard InChI is InChI=1S/C24H29NO7/c26-12-20-22(28)23(29)21(27)19(32-20)10-5-11-25-24(30)31-13-18-16-8-3-1-6-14(16)15-7-2-4-9-17(15)18/h1-4,6-9,18-23,26-29H,5,10-13H2,(H,25,30)/t19-,20-,21-,22-,23-/m1/s1. The van der Waals surface area contributed by atoms with Gasteiger partial charge in [-0.1, -0.05) is 48.5 Å². The van der Waals surface area contributed by atoms with E-state index in [4.69, 9.17) is 9.47 Å². The molecule has 5 atom stereocenters. The zero-order valence-electron chi connectivity index (χ0n) is 17.6. The molecule has 2 aromatic carbocycles. The highest BCUT2D eigenvalue weighted by Gasteiger charge is 2.42. The fourth-order valence-electron chi connectivity index (χ4n) is 4.56. The fraction of sp³-hybridized carbons (Fsp3) is 0.458. The predicted molar refractivity (Wildman–Crippen MR) is 116 cm³/mol. The van der Waals surface area contributed by atoms with Gasteiger partial charge in [-0.2, -0.15) is 0 Å². The molecule has 0 bridgehead atoms. The number of fused-ring (bicyclic) bond motifs is 3. The molecule has 1 aliphatic heterocycles. The maximum Gasteiger partial charge on any atom is 0.407 e. The van der Waals surface area contributed by atoms with Crippen molar-refractivity contribution in [3.63, 3.8) is 0 Å². The Labute approximate surface area is 186 Å². The first kappa shape index (κ1) is 22.7. The van der Waals surface area contributed by atoms with Gasteiger partial charge in [0.05, 0.1) is 12.7 Å². The van der Waals surface area contributed by atoms with Crippen molar-refractivity contribution in [2.45, 2.75) is 49.3 Å². The summed E-state index contributed by atoms with van der Waals surface area (Å²) in [7, 11) is 0.